The Kier molecular flexibility index (Phi) is 5.66. The van der Waals surface area contributed by atoms with Crippen LogP contribution in [0.5, 0.6) is 0 Å². The van der Waals surface area contributed by atoms with E-state index in [0.717, 1.165) is 10.9 Å². The van der Waals surface area contributed by atoms with Crippen LogP contribution >= 0.6 is 0 Å². The normalized spacial score (nSPS) is 20.4. The molecule has 2 fully saturated rings. The van der Waals surface area contributed by atoms with Gasteiger partial charge in [0, 0.05) is 48.8 Å². The maximum atomic E-state index is 15.2. The molecule has 0 saturated carbocycles. The second-order valence-corrected chi connectivity index (χ2v) is 9.79. The second-order valence-electron chi connectivity index (χ2n) is 9.79. The zero-order chi connectivity index (χ0) is 25.7. The molecule has 3 aromatic rings. The topological polar surface area (TPSA) is 113 Å². The Hall–Kier alpha value is -4.21. The van der Waals surface area contributed by atoms with Gasteiger partial charge in [0.15, 0.2) is 0 Å². The van der Waals surface area contributed by atoms with Crippen molar-refractivity contribution in [3.63, 3.8) is 0 Å². The third-order valence-electron chi connectivity index (χ3n) is 7.61. The summed E-state index contributed by atoms with van der Waals surface area (Å²) in [4.78, 5) is 61.2. The van der Waals surface area contributed by atoms with Crippen molar-refractivity contribution in [2.24, 2.45) is 0 Å². The molecule has 1 unspecified atom stereocenters. The fourth-order valence-corrected chi connectivity index (χ4v) is 5.62. The molecule has 0 bridgehead atoms. The van der Waals surface area contributed by atoms with Gasteiger partial charge in [-0.05, 0) is 60.6 Å². The molecular weight excluding hydrogens is 477 g/mol. The first-order valence-corrected chi connectivity index (χ1v) is 12.3. The number of rotatable bonds is 3. The molecular formula is C27H24FN5O4. The third-order valence-corrected chi connectivity index (χ3v) is 7.61. The molecule has 0 radical (unpaired) electrons. The monoisotopic (exact) mass is 501 g/mol. The van der Waals surface area contributed by atoms with Crippen molar-refractivity contribution in [2.75, 3.05) is 13.1 Å². The summed E-state index contributed by atoms with van der Waals surface area (Å²) in [6.07, 6.45) is 4.77. The van der Waals surface area contributed by atoms with Crippen molar-refractivity contribution < 1.29 is 23.6 Å². The molecule has 10 heteroatoms. The van der Waals surface area contributed by atoms with Gasteiger partial charge in [0.2, 0.25) is 11.8 Å². The van der Waals surface area contributed by atoms with Crippen LogP contribution in [0.25, 0.3) is 10.9 Å². The van der Waals surface area contributed by atoms with E-state index in [1.165, 1.54) is 17.3 Å². The summed E-state index contributed by atoms with van der Waals surface area (Å²) in [7, 11) is 0. The van der Waals surface area contributed by atoms with E-state index in [4.69, 9.17) is 0 Å². The lowest BCUT2D eigenvalue weighted by atomic mass is 9.87. The zero-order valence-corrected chi connectivity index (χ0v) is 19.9. The molecule has 3 aliphatic heterocycles. The number of hydrogen-bond acceptors (Lipinski definition) is 6. The molecule has 9 nitrogen and oxygen atoms in total. The van der Waals surface area contributed by atoms with Crippen LogP contribution in [-0.2, 0) is 16.1 Å². The Labute approximate surface area is 211 Å². The number of fused-ring (bicyclic) bond motifs is 2. The number of amides is 4. The number of hydrogen-bond donors (Lipinski definition) is 1. The van der Waals surface area contributed by atoms with E-state index in [2.05, 4.69) is 15.3 Å². The van der Waals surface area contributed by atoms with Crippen LogP contribution in [0.15, 0.2) is 42.9 Å². The molecule has 4 heterocycles. The number of benzene rings is 2. The van der Waals surface area contributed by atoms with Gasteiger partial charge in [-0.1, -0.05) is 6.07 Å². The fourth-order valence-electron chi connectivity index (χ4n) is 5.62. The minimum absolute atomic E-state index is 0.0795. The van der Waals surface area contributed by atoms with E-state index in [1.807, 2.05) is 0 Å². The predicted molar refractivity (Wildman–Crippen MR) is 130 cm³/mol. The van der Waals surface area contributed by atoms with Crippen molar-refractivity contribution in [1.29, 1.82) is 0 Å². The highest BCUT2D eigenvalue weighted by Crippen LogP contribution is 2.35. The maximum Gasteiger partial charge on any atom is 0.255 e. The number of nitrogens with zero attached hydrogens (tertiary/aromatic N) is 4. The summed E-state index contributed by atoms with van der Waals surface area (Å²) < 4.78 is 15.2. The van der Waals surface area contributed by atoms with E-state index >= 15 is 4.39 Å². The quantitative estimate of drug-likeness (QED) is 0.552. The summed E-state index contributed by atoms with van der Waals surface area (Å²) in [6, 6.07) is 7.62. The summed E-state index contributed by atoms with van der Waals surface area (Å²) >= 11 is 0. The standard InChI is InChI=1S/C27H24FN5O4/c28-21-11-20-18(13-33(27(20)37)23-3-4-24(34)31-25(23)35)10-19(21)15-5-7-32(8-6-15)26(36)16-1-2-22-17(9-16)12-29-14-30-22/h1-2,9-12,14-15,23H,3-8,13H2,(H,31,34,35). The van der Waals surface area contributed by atoms with Crippen molar-refractivity contribution in [2.45, 2.75) is 44.2 Å². The summed E-state index contributed by atoms with van der Waals surface area (Å²) in [5, 5.41) is 3.07. The van der Waals surface area contributed by atoms with Crippen molar-refractivity contribution >= 4 is 34.5 Å². The summed E-state index contributed by atoms with van der Waals surface area (Å²) in [6.45, 7) is 1.19. The van der Waals surface area contributed by atoms with Crippen molar-refractivity contribution in [3.8, 4) is 0 Å². The minimum atomic E-state index is -0.736. The lowest BCUT2D eigenvalue weighted by Crippen LogP contribution is -2.52. The molecule has 188 valence electrons. The number of likely N-dealkylation sites (tertiary alicyclic amines) is 1. The van der Waals surface area contributed by atoms with E-state index in [9.17, 15) is 19.2 Å². The molecule has 1 atom stereocenters. The van der Waals surface area contributed by atoms with E-state index in [-0.39, 0.29) is 42.7 Å². The average Bonchev–Trinajstić information content (AvgIpc) is 3.22. The largest absolute Gasteiger partial charge is 0.339 e. The smallest absolute Gasteiger partial charge is 0.255 e. The minimum Gasteiger partial charge on any atom is -0.339 e. The SMILES string of the molecule is O=C1CCC(N2Cc3cc(C4CCN(C(=O)c5ccc6ncncc6c5)CC4)c(F)cc3C2=O)C(=O)N1. The van der Waals surface area contributed by atoms with Gasteiger partial charge in [-0.25, -0.2) is 14.4 Å². The number of carbonyl (C=O) groups is 4. The summed E-state index contributed by atoms with van der Waals surface area (Å²) in [5.74, 6) is -1.84. The first-order valence-electron chi connectivity index (χ1n) is 12.3. The van der Waals surface area contributed by atoms with Crippen LogP contribution < -0.4 is 5.32 Å². The molecule has 4 amide bonds. The van der Waals surface area contributed by atoms with Gasteiger partial charge in [0.05, 0.1) is 5.52 Å². The highest BCUT2D eigenvalue weighted by Gasteiger charge is 2.40. The number of piperidine rings is 2. The molecule has 6 rings (SSSR count). The Morgan fingerprint density at radius 3 is 2.65 bits per heavy atom. The average molecular weight is 502 g/mol. The lowest BCUT2D eigenvalue weighted by molar-refractivity contribution is -0.136. The molecule has 37 heavy (non-hydrogen) atoms. The van der Waals surface area contributed by atoms with Gasteiger partial charge in [0.1, 0.15) is 18.2 Å². The van der Waals surface area contributed by atoms with Crippen LogP contribution in [0.3, 0.4) is 0 Å². The molecule has 1 N–H and O–H groups in total. The zero-order valence-electron chi connectivity index (χ0n) is 19.9. The van der Waals surface area contributed by atoms with Gasteiger partial charge < -0.3 is 9.80 Å². The van der Waals surface area contributed by atoms with Crippen LogP contribution in [0.2, 0.25) is 0 Å². The first kappa shape index (κ1) is 23.2. The van der Waals surface area contributed by atoms with E-state index in [0.29, 0.717) is 42.6 Å². The van der Waals surface area contributed by atoms with Crippen LogP contribution in [0.1, 0.15) is 63.4 Å². The van der Waals surface area contributed by atoms with E-state index in [1.54, 1.807) is 35.4 Å². The number of halogens is 1. The van der Waals surface area contributed by atoms with Crippen molar-refractivity contribution in [3.05, 3.63) is 70.9 Å². The Balaban J connectivity index is 1.15. The van der Waals surface area contributed by atoms with Gasteiger partial charge in [-0.3, -0.25) is 24.5 Å². The van der Waals surface area contributed by atoms with Gasteiger partial charge >= 0.3 is 0 Å². The molecule has 1 aromatic heterocycles. The highest BCUT2D eigenvalue weighted by molar-refractivity contribution is 6.05. The Bertz CT molecular complexity index is 1470. The van der Waals surface area contributed by atoms with Crippen molar-refractivity contribution in [1.82, 2.24) is 25.1 Å². The third kappa shape index (κ3) is 4.12. The molecule has 2 saturated heterocycles. The van der Waals surface area contributed by atoms with Crippen LogP contribution in [-0.4, -0.2) is 62.5 Å². The molecule has 2 aromatic carbocycles. The lowest BCUT2D eigenvalue weighted by Gasteiger charge is -2.32. The van der Waals surface area contributed by atoms with Crippen LogP contribution in [0, 0.1) is 5.82 Å². The summed E-state index contributed by atoms with van der Waals surface area (Å²) in [5.41, 5.74) is 2.82. The molecule has 0 aliphatic carbocycles. The van der Waals surface area contributed by atoms with Gasteiger partial charge in [0.25, 0.3) is 11.8 Å². The fraction of sp³-hybridized carbons (Fsp3) is 0.333. The van der Waals surface area contributed by atoms with Gasteiger partial charge in [-0.15, -0.1) is 0 Å². The highest BCUT2D eigenvalue weighted by atomic mass is 19.1. The number of aromatic nitrogens is 2. The Morgan fingerprint density at radius 1 is 1.05 bits per heavy atom. The predicted octanol–water partition coefficient (Wildman–Crippen LogP) is 2.55. The number of nitrogens with one attached hydrogen (secondary N) is 1. The Morgan fingerprint density at radius 2 is 1.86 bits per heavy atom. The first-order chi connectivity index (χ1) is 17.9. The second kappa shape index (κ2) is 9.02. The maximum absolute atomic E-state index is 15.2. The van der Waals surface area contributed by atoms with Gasteiger partial charge in [-0.2, -0.15) is 0 Å². The van der Waals surface area contributed by atoms with E-state index < -0.39 is 23.7 Å². The molecule has 3 aliphatic rings. The van der Waals surface area contributed by atoms with Crippen LogP contribution in [0.4, 0.5) is 4.39 Å². The number of imide groups is 1. The molecule has 0 spiro atoms. The number of carbonyl (C=O) groups excluding carboxylic acids is 4.